The van der Waals surface area contributed by atoms with E-state index < -0.39 is 10.0 Å². The fourth-order valence-corrected chi connectivity index (χ4v) is 3.83. The minimum atomic E-state index is -3.54. The number of sulfonamides is 1. The lowest BCUT2D eigenvalue weighted by Gasteiger charge is -2.19. The monoisotopic (exact) mass is 326 g/mol. The smallest absolute Gasteiger partial charge is 0.251 e. The van der Waals surface area contributed by atoms with Crippen LogP contribution in [0.25, 0.3) is 0 Å². The summed E-state index contributed by atoms with van der Waals surface area (Å²) in [6, 6.07) is 6.28. The molecular formula is C16H26N2O3S. The number of rotatable bonds is 8. The predicted molar refractivity (Wildman–Crippen MR) is 88.4 cm³/mol. The summed E-state index contributed by atoms with van der Waals surface area (Å²) >= 11 is 0. The number of carbonyl (C=O) groups excluding carboxylic acids is 1. The highest BCUT2D eigenvalue weighted by atomic mass is 32.2. The van der Waals surface area contributed by atoms with E-state index in [4.69, 9.17) is 0 Å². The van der Waals surface area contributed by atoms with Gasteiger partial charge in [0.1, 0.15) is 0 Å². The zero-order valence-electron chi connectivity index (χ0n) is 13.8. The van der Waals surface area contributed by atoms with Crippen molar-refractivity contribution in [3.63, 3.8) is 0 Å². The molecule has 1 rings (SSSR count). The molecule has 1 N–H and O–H groups in total. The Labute approximate surface area is 133 Å². The minimum Gasteiger partial charge on any atom is -0.350 e. The molecule has 0 radical (unpaired) electrons. The number of benzene rings is 1. The van der Waals surface area contributed by atoms with Gasteiger partial charge >= 0.3 is 0 Å². The first kappa shape index (κ1) is 18.6. The van der Waals surface area contributed by atoms with Crippen molar-refractivity contribution in [2.45, 2.75) is 51.5 Å². The highest BCUT2D eigenvalue weighted by Gasteiger charge is 2.22. The second-order valence-electron chi connectivity index (χ2n) is 5.28. The van der Waals surface area contributed by atoms with E-state index in [2.05, 4.69) is 12.2 Å². The number of carbonyl (C=O) groups is 1. The average molecular weight is 326 g/mol. The minimum absolute atomic E-state index is 0.0699. The molecule has 1 aromatic carbocycles. The molecule has 1 atom stereocenters. The SMILES string of the molecule is CCC[C@H](C)NC(=O)c1cccc(S(=O)(=O)N(CC)CC)c1. The Bertz CT molecular complexity index is 595. The Kier molecular flexibility index (Phi) is 7.03. The third-order valence-corrected chi connectivity index (χ3v) is 5.58. The van der Waals surface area contributed by atoms with E-state index in [0.717, 1.165) is 12.8 Å². The van der Waals surface area contributed by atoms with Crippen molar-refractivity contribution in [2.24, 2.45) is 0 Å². The molecule has 6 heteroatoms. The van der Waals surface area contributed by atoms with Gasteiger partial charge in [-0.1, -0.05) is 33.3 Å². The summed E-state index contributed by atoms with van der Waals surface area (Å²) in [4.78, 5) is 12.4. The van der Waals surface area contributed by atoms with Crippen molar-refractivity contribution in [2.75, 3.05) is 13.1 Å². The summed E-state index contributed by atoms with van der Waals surface area (Å²) in [5.74, 6) is -0.238. The maximum atomic E-state index is 12.5. The fraction of sp³-hybridized carbons (Fsp3) is 0.562. The fourth-order valence-electron chi connectivity index (χ4n) is 2.32. The van der Waals surface area contributed by atoms with Gasteiger partial charge in [-0.15, -0.1) is 0 Å². The Morgan fingerprint density at radius 3 is 2.41 bits per heavy atom. The van der Waals surface area contributed by atoms with Crippen LogP contribution in [0, 0.1) is 0 Å². The molecule has 0 heterocycles. The molecule has 0 fully saturated rings. The van der Waals surface area contributed by atoms with Crippen molar-refractivity contribution in [3.8, 4) is 0 Å². The predicted octanol–water partition coefficient (Wildman–Crippen LogP) is 2.64. The van der Waals surface area contributed by atoms with Gasteiger partial charge in [-0.2, -0.15) is 4.31 Å². The standard InChI is InChI=1S/C16H26N2O3S/c1-5-9-13(4)17-16(19)14-10-8-11-15(12-14)22(20,21)18(6-2)7-3/h8,10-13H,5-7,9H2,1-4H3,(H,17,19)/t13-/m0/s1. The number of amides is 1. The molecule has 1 amide bonds. The molecule has 0 aliphatic carbocycles. The van der Waals surface area contributed by atoms with Crippen LogP contribution in [-0.4, -0.2) is 37.8 Å². The van der Waals surface area contributed by atoms with E-state index in [1.807, 2.05) is 6.92 Å². The first-order chi connectivity index (χ1) is 10.4. The molecule has 0 aromatic heterocycles. The number of hydrogen-bond donors (Lipinski definition) is 1. The lowest BCUT2D eigenvalue weighted by Crippen LogP contribution is -2.33. The zero-order chi connectivity index (χ0) is 16.8. The van der Waals surface area contributed by atoms with Gasteiger partial charge in [-0.3, -0.25) is 4.79 Å². The van der Waals surface area contributed by atoms with Gasteiger partial charge in [-0.05, 0) is 31.5 Å². The molecule has 0 aliphatic heterocycles. The van der Waals surface area contributed by atoms with E-state index in [9.17, 15) is 13.2 Å². The molecule has 0 bridgehead atoms. The second kappa shape index (κ2) is 8.29. The Balaban J connectivity index is 3.02. The third kappa shape index (κ3) is 4.55. The van der Waals surface area contributed by atoms with Crippen molar-refractivity contribution >= 4 is 15.9 Å². The van der Waals surface area contributed by atoms with Crippen molar-refractivity contribution < 1.29 is 13.2 Å². The van der Waals surface area contributed by atoms with Crippen LogP contribution in [0.1, 0.15) is 50.9 Å². The highest BCUT2D eigenvalue weighted by molar-refractivity contribution is 7.89. The number of hydrogen-bond acceptors (Lipinski definition) is 3. The lowest BCUT2D eigenvalue weighted by atomic mass is 10.1. The maximum absolute atomic E-state index is 12.5. The van der Waals surface area contributed by atoms with Crippen LogP contribution >= 0.6 is 0 Å². The number of nitrogens with zero attached hydrogens (tertiary/aromatic N) is 1. The first-order valence-corrected chi connectivity index (χ1v) is 9.21. The van der Waals surface area contributed by atoms with E-state index in [1.165, 1.54) is 16.4 Å². The van der Waals surface area contributed by atoms with Gasteiger partial charge < -0.3 is 5.32 Å². The van der Waals surface area contributed by atoms with Gasteiger partial charge in [0.05, 0.1) is 4.90 Å². The van der Waals surface area contributed by atoms with E-state index >= 15 is 0 Å². The van der Waals surface area contributed by atoms with E-state index in [0.29, 0.717) is 18.7 Å². The van der Waals surface area contributed by atoms with Gasteiger partial charge in [-0.25, -0.2) is 8.42 Å². The van der Waals surface area contributed by atoms with Crippen LogP contribution < -0.4 is 5.32 Å². The molecule has 0 saturated carbocycles. The Hall–Kier alpha value is -1.40. The largest absolute Gasteiger partial charge is 0.350 e. The van der Waals surface area contributed by atoms with E-state index in [1.54, 1.807) is 26.0 Å². The summed E-state index contributed by atoms with van der Waals surface area (Å²) in [5, 5.41) is 2.89. The second-order valence-corrected chi connectivity index (χ2v) is 7.22. The number of nitrogens with one attached hydrogen (secondary N) is 1. The first-order valence-electron chi connectivity index (χ1n) is 7.77. The summed E-state index contributed by atoms with van der Waals surface area (Å²) in [7, 11) is -3.54. The molecule has 0 spiro atoms. The third-order valence-electron chi connectivity index (χ3n) is 3.54. The highest BCUT2D eigenvalue weighted by Crippen LogP contribution is 2.17. The normalized spacial score (nSPS) is 13.1. The molecule has 0 aliphatic rings. The zero-order valence-corrected chi connectivity index (χ0v) is 14.6. The molecule has 5 nitrogen and oxygen atoms in total. The van der Waals surface area contributed by atoms with Crippen LogP contribution in [0.5, 0.6) is 0 Å². The molecule has 0 saturated heterocycles. The summed E-state index contributed by atoms with van der Waals surface area (Å²) in [5.41, 5.74) is 0.371. The Morgan fingerprint density at radius 1 is 1.23 bits per heavy atom. The average Bonchev–Trinajstić information content (AvgIpc) is 2.48. The van der Waals surface area contributed by atoms with Gasteiger partial charge in [0.2, 0.25) is 10.0 Å². The maximum Gasteiger partial charge on any atom is 0.251 e. The molecule has 22 heavy (non-hydrogen) atoms. The van der Waals surface area contributed by atoms with Crippen LogP contribution in [0.4, 0.5) is 0 Å². The van der Waals surface area contributed by atoms with Crippen LogP contribution in [0.2, 0.25) is 0 Å². The van der Waals surface area contributed by atoms with Gasteiger partial charge in [0.25, 0.3) is 5.91 Å². The molecular weight excluding hydrogens is 300 g/mol. The van der Waals surface area contributed by atoms with Crippen molar-refractivity contribution in [1.82, 2.24) is 9.62 Å². The quantitative estimate of drug-likeness (QED) is 0.798. The van der Waals surface area contributed by atoms with Crippen LogP contribution in [0.15, 0.2) is 29.2 Å². The Morgan fingerprint density at radius 2 is 1.86 bits per heavy atom. The summed E-state index contributed by atoms with van der Waals surface area (Å²) < 4.78 is 26.4. The topological polar surface area (TPSA) is 66.5 Å². The summed E-state index contributed by atoms with van der Waals surface area (Å²) in [6.07, 6.45) is 1.88. The lowest BCUT2D eigenvalue weighted by molar-refractivity contribution is 0.0938. The van der Waals surface area contributed by atoms with Crippen LogP contribution in [-0.2, 0) is 10.0 Å². The van der Waals surface area contributed by atoms with Crippen molar-refractivity contribution in [3.05, 3.63) is 29.8 Å². The van der Waals surface area contributed by atoms with Crippen molar-refractivity contribution in [1.29, 1.82) is 0 Å². The van der Waals surface area contributed by atoms with E-state index in [-0.39, 0.29) is 16.8 Å². The summed E-state index contributed by atoms with van der Waals surface area (Å²) in [6.45, 7) is 8.40. The molecule has 0 unspecified atom stereocenters. The molecule has 124 valence electrons. The molecule has 1 aromatic rings. The van der Waals surface area contributed by atoms with Gasteiger partial charge in [0.15, 0.2) is 0 Å². The van der Waals surface area contributed by atoms with Gasteiger partial charge in [0, 0.05) is 24.7 Å². The van der Waals surface area contributed by atoms with Crippen LogP contribution in [0.3, 0.4) is 0 Å².